The number of esters is 1. The molecule has 0 aromatic rings. The number of rotatable bonds is 6. The summed E-state index contributed by atoms with van der Waals surface area (Å²) in [4.78, 5) is 13.7. The Morgan fingerprint density at radius 2 is 1.69 bits per heavy atom. The normalized spacial score (nSPS) is 48.6. The third-order valence-electron chi connectivity index (χ3n) is 9.87. The van der Waals surface area contributed by atoms with Crippen LogP contribution in [0.3, 0.4) is 0 Å². The van der Waals surface area contributed by atoms with Gasteiger partial charge in [0.25, 0.3) is 0 Å². The molecule has 4 N–H and O–H groups in total. The number of ether oxygens (including phenoxy) is 5. The van der Waals surface area contributed by atoms with Crippen LogP contribution in [0, 0.1) is 23.7 Å². The highest BCUT2D eigenvalue weighted by Crippen LogP contribution is 2.40. The summed E-state index contributed by atoms with van der Waals surface area (Å²) in [6.07, 6.45) is -4.18. The first-order chi connectivity index (χ1) is 19.4. The molecule has 0 spiro atoms. The summed E-state index contributed by atoms with van der Waals surface area (Å²) < 4.78 is 30.3. The standard InChI is InChI=1S/C31H58NO10/c1-12-23-31(9,37)26(34)20(5)32-15-17(2)13-29(7,36)27(38-10)18(3)25(19(4)28(35)41-23)42-24-14-30(8,39-11)22(16-33)21(6)40-24/h17-27,32,34,36-37H,12-16H2,1-11H3/q-1/t17-,18+,19-,20-,21+,22?,23-,24+,25+,26-,27-,29-,30-,31-/m1/s1. The molecule has 2 fully saturated rings. The van der Waals surface area contributed by atoms with Crippen molar-refractivity contribution >= 4 is 5.97 Å². The Balaban J connectivity index is 2.55. The van der Waals surface area contributed by atoms with Crippen molar-refractivity contribution in [3.63, 3.8) is 0 Å². The molecule has 248 valence electrons. The second kappa shape index (κ2) is 14.9. The molecule has 0 aromatic carbocycles. The topological polar surface area (TPSA) is 159 Å². The molecule has 11 nitrogen and oxygen atoms in total. The Bertz CT molecular complexity index is 856. The van der Waals surface area contributed by atoms with Crippen molar-refractivity contribution in [2.45, 2.75) is 141 Å². The van der Waals surface area contributed by atoms with Crippen LogP contribution >= 0.6 is 0 Å². The van der Waals surface area contributed by atoms with Crippen molar-refractivity contribution in [1.29, 1.82) is 0 Å². The Morgan fingerprint density at radius 3 is 2.21 bits per heavy atom. The predicted octanol–water partition coefficient (Wildman–Crippen LogP) is 1.38. The van der Waals surface area contributed by atoms with Crippen LogP contribution in [0.15, 0.2) is 0 Å². The highest BCUT2D eigenvalue weighted by molar-refractivity contribution is 5.73. The third kappa shape index (κ3) is 8.22. The highest BCUT2D eigenvalue weighted by atomic mass is 16.7. The van der Waals surface area contributed by atoms with Crippen LogP contribution in [0.25, 0.3) is 0 Å². The van der Waals surface area contributed by atoms with Crippen LogP contribution in [-0.2, 0) is 28.5 Å². The van der Waals surface area contributed by atoms with Crippen LogP contribution in [0.4, 0.5) is 0 Å². The van der Waals surface area contributed by atoms with Gasteiger partial charge in [-0.15, -0.1) is 6.61 Å². The fourth-order valence-corrected chi connectivity index (χ4v) is 7.15. The maximum absolute atomic E-state index is 13.7. The zero-order valence-corrected chi connectivity index (χ0v) is 27.6. The molecule has 2 saturated heterocycles. The lowest BCUT2D eigenvalue weighted by Gasteiger charge is -2.50. The van der Waals surface area contributed by atoms with Gasteiger partial charge in [-0.25, -0.2) is 0 Å². The van der Waals surface area contributed by atoms with E-state index in [1.165, 1.54) is 14.0 Å². The van der Waals surface area contributed by atoms with Crippen LogP contribution in [0.5, 0.6) is 0 Å². The van der Waals surface area contributed by atoms with E-state index in [1.54, 1.807) is 34.8 Å². The first-order valence-electron chi connectivity index (χ1n) is 15.4. The van der Waals surface area contributed by atoms with Gasteiger partial charge in [0.15, 0.2) is 6.29 Å². The molecular weight excluding hydrogens is 546 g/mol. The van der Waals surface area contributed by atoms with Gasteiger partial charge < -0.3 is 49.4 Å². The lowest BCUT2D eigenvalue weighted by atomic mass is 9.77. The van der Waals surface area contributed by atoms with E-state index in [9.17, 15) is 25.2 Å². The molecule has 0 aromatic heterocycles. The molecular formula is C31H58NO10-. The molecule has 1 unspecified atom stereocenters. The number of hydrogen-bond acceptors (Lipinski definition) is 11. The van der Waals surface area contributed by atoms with E-state index in [0.717, 1.165) is 0 Å². The minimum atomic E-state index is -1.74. The van der Waals surface area contributed by atoms with Gasteiger partial charge in [0.2, 0.25) is 0 Å². The third-order valence-corrected chi connectivity index (χ3v) is 9.87. The van der Waals surface area contributed by atoms with Crippen molar-refractivity contribution in [3.05, 3.63) is 0 Å². The van der Waals surface area contributed by atoms with E-state index in [0.29, 0.717) is 13.0 Å². The number of carbonyl (C=O) groups excluding carboxylic acids is 1. The van der Waals surface area contributed by atoms with E-state index in [-0.39, 0.29) is 31.3 Å². The number of carbonyl (C=O) groups is 1. The maximum atomic E-state index is 13.7. The zero-order chi connectivity index (χ0) is 32.2. The van der Waals surface area contributed by atoms with E-state index in [4.69, 9.17) is 23.7 Å². The quantitative estimate of drug-likeness (QED) is 0.325. The first kappa shape index (κ1) is 37.3. The second-order valence-corrected chi connectivity index (χ2v) is 13.5. The smallest absolute Gasteiger partial charge is 0.311 e. The Morgan fingerprint density at radius 1 is 1.07 bits per heavy atom. The van der Waals surface area contributed by atoms with E-state index < -0.39 is 77.5 Å². The maximum Gasteiger partial charge on any atom is 0.311 e. The largest absolute Gasteiger partial charge is 0.854 e. The summed E-state index contributed by atoms with van der Waals surface area (Å²) in [5.74, 6) is -2.44. The van der Waals surface area contributed by atoms with Crippen LogP contribution in [-0.4, -0.2) is 108 Å². The van der Waals surface area contributed by atoms with Crippen LogP contribution < -0.4 is 10.4 Å². The molecule has 2 aliphatic rings. The minimum Gasteiger partial charge on any atom is -0.854 e. The molecule has 0 saturated carbocycles. The van der Waals surface area contributed by atoms with E-state index >= 15 is 0 Å². The van der Waals surface area contributed by atoms with Crippen LogP contribution in [0.2, 0.25) is 0 Å². The van der Waals surface area contributed by atoms with Crippen molar-refractivity contribution < 1.29 is 48.9 Å². The summed E-state index contributed by atoms with van der Waals surface area (Å²) >= 11 is 0. The van der Waals surface area contributed by atoms with Gasteiger partial charge in [0, 0.05) is 32.6 Å². The van der Waals surface area contributed by atoms with Gasteiger partial charge in [-0.2, -0.15) is 0 Å². The molecule has 2 rings (SSSR count). The molecule has 0 radical (unpaired) electrons. The number of nitrogens with one attached hydrogen (secondary N) is 1. The van der Waals surface area contributed by atoms with E-state index in [2.05, 4.69) is 5.32 Å². The monoisotopic (exact) mass is 604 g/mol. The SMILES string of the molecule is CC[C@H]1OC(=O)[C@H](C)[C@@H](O[C@H]2C[C@@](C)(OC)C(C[O-])[C@H](C)O2)[C@H](C)[C@@H](OC)[C@](C)(O)C[C@@H](C)CN[C@H](C)[C@@H](O)[C@]1(C)O. The van der Waals surface area contributed by atoms with Gasteiger partial charge >= 0.3 is 5.97 Å². The van der Waals surface area contributed by atoms with Crippen molar-refractivity contribution in [3.8, 4) is 0 Å². The summed E-state index contributed by atoms with van der Waals surface area (Å²) in [5.41, 5.74) is -3.85. The Labute approximate surface area is 252 Å². The summed E-state index contributed by atoms with van der Waals surface area (Å²) in [6, 6.07) is -0.519. The predicted molar refractivity (Wildman–Crippen MR) is 155 cm³/mol. The number of aliphatic hydroxyl groups excluding tert-OH is 1. The van der Waals surface area contributed by atoms with Gasteiger partial charge in [0.05, 0.1) is 35.4 Å². The number of methoxy groups -OCH3 is 2. The van der Waals surface area contributed by atoms with Crippen molar-refractivity contribution in [2.75, 3.05) is 27.4 Å². The molecule has 0 aliphatic carbocycles. The summed E-state index contributed by atoms with van der Waals surface area (Å²) in [6.45, 7) is 16.0. The molecule has 2 aliphatic heterocycles. The van der Waals surface area contributed by atoms with Gasteiger partial charge in [-0.05, 0) is 72.8 Å². The van der Waals surface area contributed by atoms with Crippen molar-refractivity contribution in [1.82, 2.24) is 5.32 Å². The highest BCUT2D eigenvalue weighted by Gasteiger charge is 2.50. The molecule has 2 heterocycles. The number of hydrogen-bond donors (Lipinski definition) is 4. The van der Waals surface area contributed by atoms with E-state index in [1.807, 2.05) is 27.7 Å². The molecule has 11 heteroatoms. The number of cyclic esters (lactones) is 1. The van der Waals surface area contributed by atoms with Gasteiger partial charge in [0.1, 0.15) is 17.8 Å². The summed E-state index contributed by atoms with van der Waals surface area (Å²) in [7, 11) is 3.08. The summed E-state index contributed by atoms with van der Waals surface area (Å²) in [5, 5.41) is 49.5. The molecule has 0 amide bonds. The first-order valence-corrected chi connectivity index (χ1v) is 15.4. The van der Waals surface area contributed by atoms with Gasteiger partial charge in [-0.3, -0.25) is 4.79 Å². The van der Waals surface area contributed by atoms with Crippen LogP contribution in [0.1, 0.15) is 81.6 Å². The average molecular weight is 605 g/mol. The molecule has 0 bridgehead atoms. The Hall–Kier alpha value is -0.890. The fraction of sp³-hybridized carbons (Fsp3) is 0.968. The van der Waals surface area contributed by atoms with Gasteiger partial charge in [-0.1, -0.05) is 20.8 Å². The lowest BCUT2D eigenvalue weighted by molar-refractivity contribution is -0.406. The Kier molecular flexibility index (Phi) is 13.3. The lowest BCUT2D eigenvalue weighted by Crippen LogP contribution is -2.59. The minimum absolute atomic E-state index is 0.0276. The molecule has 14 atom stereocenters. The van der Waals surface area contributed by atoms with Crippen molar-refractivity contribution in [2.24, 2.45) is 23.7 Å². The average Bonchev–Trinajstić information content (AvgIpc) is 2.91. The second-order valence-electron chi connectivity index (χ2n) is 13.5. The fourth-order valence-electron chi connectivity index (χ4n) is 7.15. The number of aliphatic hydroxyl groups is 3. The zero-order valence-electron chi connectivity index (χ0n) is 27.6. The molecule has 42 heavy (non-hydrogen) atoms.